The van der Waals surface area contributed by atoms with E-state index in [0.29, 0.717) is 76.0 Å². The lowest BCUT2D eigenvalue weighted by Gasteiger charge is -2.45. The number of carbonyl (C=O) groups excluding carboxylic acids is 3. The maximum absolute atomic E-state index is 15.5. The Morgan fingerprint density at radius 2 is 1.82 bits per heavy atom. The number of likely N-dealkylation sites (tertiary alicyclic amines) is 2. The molecule has 2 unspecified atom stereocenters. The van der Waals surface area contributed by atoms with Crippen molar-refractivity contribution in [3.8, 4) is 0 Å². The summed E-state index contributed by atoms with van der Waals surface area (Å²) in [6, 6.07) is 8.44. The van der Waals surface area contributed by atoms with Crippen molar-refractivity contribution >= 4 is 28.7 Å². The van der Waals surface area contributed by atoms with Crippen molar-refractivity contribution in [1.82, 2.24) is 25.2 Å². The normalized spacial score (nSPS) is 25.1. The van der Waals surface area contributed by atoms with E-state index in [1.54, 1.807) is 12.1 Å². The molecule has 3 amide bonds. The van der Waals surface area contributed by atoms with Gasteiger partial charge in [0.1, 0.15) is 11.9 Å². The highest BCUT2D eigenvalue weighted by molar-refractivity contribution is 6.05. The summed E-state index contributed by atoms with van der Waals surface area (Å²) >= 11 is 0. The molecule has 0 radical (unpaired) electrons. The number of rotatable bonds is 6. The summed E-state index contributed by atoms with van der Waals surface area (Å²) in [7, 11) is 0. The molecule has 1 N–H and O–H groups in total. The van der Waals surface area contributed by atoms with Crippen molar-refractivity contribution in [2.45, 2.75) is 69.0 Å². The molecule has 4 aliphatic rings. The molecule has 9 nitrogen and oxygen atoms in total. The monoisotopic (exact) mass is 609 g/mol. The van der Waals surface area contributed by atoms with E-state index in [2.05, 4.69) is 10.5 Å². The molecule has 0 spiro atoms. The summed E-state index contributed by atoms with van der Waals surface area (Å²) in [5.74, 6) is -4.14. The first kappa shape index (κ1) is 29.0. The lowest BCUT2D eigenvalue weighted by molar-refractivity contribution is -0.137. The number of hydrogen-bond acceptors (Lipinski definition) is 7. The highest BCUT2D eigenvalue weighted by Gasteiger charge is 2.48. The van der Waals surface area contributed by atoms with Crippen LogP contribution in [0, 0.1) is 5.82 Å². The van der Waals surface area contributed by atoms with Gasteiger partial charge in [0.25, 0.3) is 11.8 Å². The number of carbonyl (C=O) groups is 3. The van der Waals surface area contributed by atoms with Crippen LogP contribution in [0.4, 0.5) is 13.2 Å². The van der Waals surface area contributed by atoms with Gasteiger partial charge < -0.3 is 9.42 Å². The zero-order chi connectivity index (χ0) is 30.6. The van der Waals surface area contributed by atoms with Gasteiger partial charge in [-0.15, -0.1) is 0 Å². The van der Waals surface area contributed by atoms with Crippen LogP contribution in [0.3, 0.4) is 0 Å². The van der Waals surface area contributed by atoms with Crippen molar-refractivity contribution in [3.63, 3.8) is 0 Å². The molecule has 5 heterocycles. The molecule has 4 aliphatic heterocycles. The first-order valence-corrected chi connectivity index (χ1v) is 15.3. The third-order valence-corrected chi connectivity index (χ3v) is 9.76. The number of nitrogens with one attached hydrogen (secondary N) is 1. The molecule has 44 heavy (non-hydrogen) atoms. The molecule has 0 aliphatic carbocycles. The standard InChI is InChI=1S/C32H34F3N5O4/c33-22-2-4-24-26(16-22)44-37-29(24)20-8-13-39(14-9-20)27-10-12-38(18-32(27,34)35)11-7-19-1-3-23-21(15-19)17-40(31(23)43)25-5-6-28(41)36-30(25)42/h1-4,15-16,20,25,27H,5-14,17-18H2,(H,36,41,42). The van der Waals surface area contributed by atoms with Gasteiger partial charge in [0.2, 0.25) is 11.8 Å². The summed E-state index contributed by atoms with van der Waals surface area (Å²) in [6.45, 7) is 2.14. The van der Waals surface area contributed by atoms with E-state index in [0.717, 1.165) is 22.2 Å². The van der Waals surface area contributed by atoms with E-state index in [4.69, 9.17) is 4.52 Å². The van der Waals surface area contributed by atoms with Gasteiger partial charge in [0.05, 0.1) is 18.3 Å². The zero-order valence-corrected chi connectivity index (χ0v) is 24.2. The van der Waals surface area contributed by atoms with E-state index >= 15 is 8.78 Å². The Bertz CT molecular complexity index is 1620. The van der Waals surface area contributed by atoms with Gasteiger partial charge in [-0.05, 0) is 74.5 Å². The Kier molecular flexibility index (Phi) is 7.44. The molecule has 3 saturated heterocycles. The summed E-state index contributed by atoms with van der Waals surface area (Å²) in [6.07, 6.45) is 2.84. The molecule has 2 aromatic carbocycles. The molecule has 2 atom stereocenters. The molecule has 3 aromatic rings. The van der Waals surface area contributed by atoms with Gasteiger partial charge >= 0.3 is 0 Å². The van der Waals surface area contributed by atoms with Crippen molar-refractivity contribution < 1.29 is 32.1 Å². The van der Waals surface area contributed by atoms with E-state index in [1.807, 2.05) is 21.9 Å². The van der Waals surface area contributed by atoms with Crippen LogP contribution in [0.15, 0.2) is 40.9 Å². The van der Waals surface area contributed by atoms with Crippen LogP contribution in [0.25, 0.3) is 11.0 Å². The second-order valence-electron chi connectivity index (χ2n) is 12.5. The third kappa shape index (κ3) is 5.38. The number of piperidine rings is 3. The number of benzene rings is 2. The number of alkyl halides is 2. The number of nitrogens with zero attached hydrogens (tertiary/aromatic N) is 4. The molecular weight excluding hydrogens is 575 g/mol. The van der Waals surface area contributed by atoms with Crippen molar-refractivity contribution in [2.24, 2.45) is 0 Å². The minimum absolute atomic E-state index is 0.0883. The molecule has 232 valence electrons. The second-order valence-corrected chi connectivity index (χ2v) is 12.5. The van der Waals surface area contributed by atoms with E-state index in [1.165, 1.54) is 17.0 Å². The Balaban J connectivity index is 0.923. The Morgan fingerprint density at radius 1 is 1.00 bits per heavy atom. The maximum atomic E-state index is 15.5. The number of imide groups is 1. The Labute approximate surface area is 252 Å². The number of halogens is 3. The smallest absolute Gasteiger partial charge is 0.275 e. The largest absolute Gasteiger partial charge is 0.356 e. The fourth-order valence-corrected chi connectivity index (χ4v) is 7.42. The number of fused-ring (bicyclic) bond motifs is 2. The number of hydrogen-bond donors (Lipinski definition) is 1. The maximum Gasteiger partial charge on any atom is 0.275 e. The lowest BCUT2D eigenvalue weighted by Crippen LogP contribution is -2.59. The number of amides is 3. The predicted octanol–water partition coefficient (Wildman–Crippen LogP) is 3.86. The SMILES string of the molecule is O=C1CCC(N2Cc3cc(CCN4CCC(N5CCC(c6noc7cc(F)ccc67)CC5)C(F)(F)C4)ccc3C2=O)C(=O)N1. The van der Waals surface area contributed by atoms with Crippen molar-refractivity contribution in [2.75, 3.05) is 32.7 Å². The van der Waals surface area contributed by atoms with E-state index in [9.17, 15) is 18.8 Å². The number of aromatic nitrogens is 1. The lowest BCUT2D eigenvalue weighted by atomic mass is 9.89. The van der Waals surface area contributed by atoms with Crippen LogP contribution >= 0.6 is 0 Å². The van der Waals surface area contributed by atoms with Gasteiger partial charge in [-0.25, -0.2) is 13.2 Å². The van der Waals surface area contributed by atoms with Crippen LogP contribution in [0.2, 0.25) is 0 Å². The van der Waals surface area contributed by atoms with Gasteiger partial charge in [-0.3, -0.25) is 29.5 Å². The van der Waals surface area contributed by atoms with Crippen LogP contribution < -0.4 is 5.32 Å². The highest BCUT2D eigenvalue weighted by Crippen LogP contribution is 2.38. The van der Waals surface area contributed by atoms with E-state index in [-0.39, 0.29) is 36.5 Å². The first-order chi connectivity index (χ1) is 21.2. The summed E-state index contributed by atoms with van der Waals surface area (Å²) in [5.41, 5.74) is 3.50. The zero-order valence-electron chi connectivity index (χ0n) is 24.2. The van der Waals surface area contributed by atoms with Gasteiger partial charge in [-0.2, -0.15) is 0 Å². The summed E-state index contributed by atoms with van der Waals surface area (Å²) in [5, 5.41) is 7.27. The van der Waals surface area contributed by atoms with Gasteiger partial charge in [0, 0.05) is 49.0 Å². The molecule has 12 heteroatoms. The molecule has 7 rings (SSSR count). The van der Waals surface area contributed by atoms with Crippen LogP contribution in [-0.4, -0.2) is 88.3 Å². The van der Waals surface area contributed by atoms with Crippen molar-refractivity contribution in [1.29, 1.82) is 0 Å². The Morgan fingerprint density at radius 3 is 2.59 bits per heavy atom. The second kappa shape index (κ2) is 11.3. The molecule has 0 saturated carbocycles. The third-order valence-electron chi connectivity index (χ3n) is 9.76. The van der Waals surface area contributed by atoms with Crippen LogP contribution in [0.5, 0.6) is 0 Å². The van der Waals surface area contributed by atoms with Gasteiger partial charge in [0.15, 0.2) is 5.58 Å². The van der Waals surface area contributed by atoms with Crippen molar-refractivity contribution in [3.05, 3.63) is 64.6 Å². The average molecular weight is 610 g/mol. The summed E-state index contributed by atoms with van der Waals surface area (Å²) < 4.78 is 49.9. The first-order valence-electron chi connectivity index (χ1n) is 15.3. The predicted molar refractivity (Wildman–Crippen MR) is 153 cm³/mol. The van der Waals surface area contributed by atoms with E-state index < -0.39 is 23.9 Å². The Hall–Kier alpha value is -3.77. The molecule has 3 fully saturated rings. The average Bonchev–Trinajstić information content (AvgIpc) is 3.56. The van der Waals surface area contributed by atoms with Gasteiger partial charge in [-0.1, -0.05) is 17.3 Å². The quantitative estimate of drug-likeness (QED) is 0.424. The topological polar surface area (TPSA) is 99.0 Å². The molecule has 0 bridgehead atoms. The van der Waals surface area contributed by atoms with Crippen LogP contribution in [0.1, 0.15) is 65.2 Å². The fourth-order valence-electron chi connectivity index (χ4n) is 7.42. The molecular formula is C32H34F3N5O4. The summed E-state index contributed by atoms with van der Waals surface area (Å²) in [4.78, 5) is 42.0. The fraction of sp³-hybridized carbons (Fsp3) is 0.500. The highest BCUT2D eigenvalue weighted by atomic mass is 19.3. The minimum atomic E-state index is -2.85. The molecule has 1 aromatic heterocycles. The minimum Gasteiger partial charge on any atom is -0.356 e. The van der Waals surface area contributed by atoms with Crippen LogP contribution in [-0.2, 0) is 22.6 Å².